The van der Waals surface area contributed by atoms with Gasteiger partial charge in [0, 0.05) is 18.7 Å². The van der Waals surface area contributed by atoms with Crippen LogP contribution in [-0.2, 0) is 6.54 Å². The number of rotatable bonds is 6. The molecular formula is C23H24F3NO3. The number of hydrogen-bond donors (Lipinski definition) is 1. The number of alkyl halides is 3. The molecule has 1 heterocycles. The molecule has 1 aliphatic carbocycles. The van der Waals surface area contributed by atoms with Crippen LogP contribution in [0.4, 0.5) is 13.2 Å². The molecule has 4 nitrogen and oxygen atoms in total. The summed E-state index contributed by atoms with van der Waals surface area (Å²) in [5.41, 5.74) is 2.48. The average molecular weight is 419 g/mol. The standard InChI is InChI=1S/C23H24F3NO3/c24-23(25,26)14-30-20-7-2-1-5-18(20)19-6-3-4-16-13-27(22(29)21(16)19)11-10-15-8-9-17(28)12-15/h1-7,15,17,28H,8-14H2. The van der Waals surface area contributed by atoms with Crippen molar-refractivity contribution in [3.63, 3.8) is 0 Å². The van der Waals surface area contributed by atoms with E-state index < -0.39 is 12.8 Å². The third kappa shape index (κ3) is 4.46. The van der Waals surface area contributed by atoms with Gasteiger partial charge in [-0.3, -0.25) is 4.79 Å². The molecule has 2 atom stereocenters. The first-order valence-electron chi connectivity index (χ1n) is 10.2. The maximum absolute atomic E-state index is 13.1. The summed E-state index contributed by atoms with van der Waals surface area (Å²) in [5.74, 6) is 0.423. The SMILES string of the molecule is O=C1c2c(cccc2-c2ccccc2OCC(F)(F)F)CN1CCC1CCC(O)C1. The van der Waals surface area contributed by atoms with Crippen molar-refractivity contribution in [2.45, 2.75) is 44.5 Å². The molecule has 2 aromatic rings. The highest BCUT2D eigenvalue weighted by Crippen LogP contribution is 2.38. The van der Waals surface area contributed by atoms with E-state index in [4.69, 9.17) is 4.74 Å². The lowest BCUT2D eigenvalue weighted by Gasteiger charge is -2.18. The maximum atomic E-state index is 13.1. The quantitative estimate of drug-likeness (QED) is 0.732. The van der Waals surface area contributed by atoms with Gasteiger partial charge in [0.15, 0.2) is 6.61 Å². The van der Waals surface area contributed by atoms with E-state index in [-0.39, 0.29) is 17.8 Å². The minimum absolute atomic E-state index is 0.106. The van der Waals surface area contributed by atoms with Crippen LogP contribution in [0, 0.1) is 5.92 Å². The van der Waals surface area contributed by atoms with Crippen LogP contribution in [-0.4, -0.2) is 41.3 Å². The fourth-order valence-electron chi connectivity index (χ4n) is 4.45. The molecule has 1 aliphatic heterocycles. The van der Waals surface area contributed by atoms with Crippen LogP contribution in [0.3, 0.4) is 0 Å². The summed E-state index contributed by atoms with van der Waals surface area (Å²) in [6.07, 6.45) is -1.25. The van der Waals surface area contributed by atoms with E-state index >= 15 is 0 Å². The van der Waals surface area contributed by atoms with Crippen molar-refractivity contribution in [1.82, 2.24) is 4.90 Å². The summed E-state index contributed by atoms with van der Waals surface area (Å²) < 4.78 is 43.0. The zero-order valence-corrected chi connectivity index (χ0v) is 16.5. The van der Waals surface area contributed by atoms with Gasteiger partial charge in [-0.1, -0.05) is 36.4 Å². The van der Waals surface area contributed by atoms with Crippen molar-refractivity contribution in [2.24, 2.45) is 5.92 Å². The van der Waals surface area contributed by atoms with Gasteiger partial charge in [-0.15, -0.1) is 0 Å². The summed E-state index contributed by atoms with van der Waals surface area (Å²) in [4.78, 5) is 14.9. The number of hydrogen-bond acceptors (Lipinski definition) is 3. The average Bonchev–Trinajstić information content (AvgIpc) is 3.27. The van der Waals surface area contributed by atoms with Crippen molar-refractivity contribution in [2.75, 3.05) is 13.2 Å². The highest BCUT2D eigenvalue weighted by Gasteiger charge is 2.33. The molecule has 0 bridgehead atoms. The van der Waals surface area contributed by atoms with E-state index in [1.54, 1.807) is 29.2 Å². The Bertz CT molecular complexity index is 928. The first-order valence-corrected chi connectivity index (χ1v) is 10.2. The number of aliphatic hydroxyl groups is 1. The molecule has 7 heteroatoms. The second kappa shape index (κ2) is 8.30. The van der Waals surface area contributed by atoms with Crippen molar-refractivity contribution in [1.29, 1.82) is 0 Å². The van der Waals surface area contributed by atoms with Crippen LogP contribution >= 0.6 is 0 Å². The number of halogens is 3. The van der Waals surface area contributed by atoms with Gasteiger partial charge in [-0.2, -0.15) is 13.2 Å². The van der Waals surface area contributed by atoms with Crippen LogP contribution in [0.1, 0.15) is 41.6 Å². The van der Waals surface area contributed by atoms with Gasteiger partial charge < -0.3 is 14.7 Å². The Labute approximate surface area is 173 Å². The van der Waals surface area contributed by atoms with Gasteiger partial charge in [0.2, 0.25) is 0 Å². The lowest BCUT2D eigenvalue weighted by molar-refractivity contribution is -0.153. The topological polar surface area (TPSA) is 49.8 Å². The van der Waals surface area contributed by atoms with E-state index in [0.717, 1.165) is 31.2 Å². The predicted molar refractivity (Wildman–Crippen MR) is 106 cm³/mol. The molecule has 2 unspecified atom stereocenters. The van der Waals surface area contributed by atoms with E-state index in [0.29, 0.717) is 35.7 Å². The number of fused-ring (bicyclic) bond motifs is 1. The van der Waals surface area contributed by atoms with E-state index in [1.807, 2.05) is 12.1 Å². The number of para-hydroxylation sites is 1. The number of nitrogens with zero attached hydrogens (tertiary/aromatic N) is 1. The van der Waals surface area contributed by atoms with Crippen LogP contribution in [0.15, 0.2) is 42.5 Å². The van der Waals surface area contributed by atoms with Crippen molar-refractivity contribution in [3.05, 3.63) is 53.6 Å². The fourth-order valence-corrected chi connectivity index (χ4v) is 4.45. The molecule has 30 heavy (non-hydrogen) atoms. The minimum Gasteiger partial charge on any atom is -0.483 e. The summed E-state index contributed by atoms with van der Waals surface area (Å²) in [7, 11) is 0. The Morgan fingerprint density at radius 1 is 1.07 bits per heavy atom. The Morgan fingerprint density at radius 2 is 1.83 bits per heavy atom. The van der Waals surface area contributed by atoms with Crippen LogP contribution in [0.2, 0.25) is 0 Å². The number of amides is 1. The highest BCUT2D eigenvalue weighted by molar-refractivity contribution is 6.05. The number of aliphatic hydroxyl groups excluding tert-OH is 1. The van der Waals surface area contributed by atoms with Gasteiger partial charge in [-0.05, 0) is 48.8 Å². The van der Waals surface area contributed by atoms with E-state index in [9.17, 15) is 23.1 Å². The van der Waals surface area contributed by atoms with Crippen LogP contribution in [0.5, 0.6) is 5.75 Å². The first-order chi connectivity index (χ1) is 14.3. The van der Waals surface area contributed by atoms with Crippen molar-refractivity contribution in [3.8, 4) is 16.9 Å². The lowest BCUT2D eigenvalue weighted by atomic mass is 9.96. The largest absolute Gasteiger partial charge is 0.483 e. The molecule has 1 saturated carbocycles. The highest BCUT2D eigenvalue weighted by atomic mass is 19.4. The number of ether oxygens (including phenoxy) is 1. The number of carbonyl (C=O) groups excluding carboxylic acids is 1. The number of benzene rings is 2. The molecule has 1 fully saturated rings. The van der Waals surface area contributed by atoms with Crippen molar-refractivity contribution >= 4 is 5.91 Å². The molecule has 4 rings (SSSR count). The van der Waals surface area contributed by atoms with Gasteiger partial charge >= 0.3 is 6.18 Å². The normalized spacial score (nSPS) is 21.2. The zero-order chi connectivity index (χ0) is 21.3. The molecule has 0 saturated heterocycles. The molecule has 0 radical (unpaired) electrons. The Kier molecular flexibility index (Phi) is 5.73. The third-order valence-electron chi connectivity index (χ3n) is 5.90. The summed E-state index contributed by atoms with van der Waals surface area (Å²) in [6, 6.07) is 12.0. The second-order valence-electron chi connectivity index (χ2n) is 8.09. The molecule has 1 amide bonds. The second-order valence-corrected chi connectivity index (χ2v) is 8.09. The Morgan fingerprint density at radius 3 is 2.57 bits per heavy atom. The molecular weight excluding hydrogens is 395 g/mol. The fraction of sp³-hybridized carbons (Fsp3) is 0.435. The lowest BCUT2D eigenvalue weighted by Crippen LogP contribution is -2.26. The summed E-state index contributed by atoms with van der Waals surface area (Å²) in [6.45, 7) is -0.286. The zero-order valence-electron chi connectivity index (χ0n) is 16.5. The molecule has 2 aromatic carbocycles. The molecule has 0 spiro atoms. The Hall–Kier alpha value is -2.54. The predicted octanol–water partition coefficient (Wildman–Crippen LogP) is 4.80. The number of carbonyl (C=O) groups is 1. The Balaban J connectivity index is 1.55. The van der Waals surface area contributed by atoms with Crippen LogP contribution in [0.25, 0.3) is 11.1 Å². The van der Waals surface area contributed by atoms with E-state index in [2.05, 4.69) is 0 Å². The summed E-state index contributed by atoms with van der Waals surface area (Å²) >= 11 is 0. The first kappa shape index (κ1) is 20.7. The monoisotopic (exact) mass is 419 g/mol. The van der Waals surface area contributed by atoms with Gasteiger partial charge in [0.1, 0.15) is 5.75 Å². The van der Waals surface area contributed by atoms with E-state index in [1.165, 1.54) is 6.07 Å². The van der Waals surface area contributed by atoms with Gasteiger partial charge in [0.05, 0.1) is 11.7 Å². The minimum atomic E-state index is -4.44. The molecule has 2 aliphatic rings. The van der Waals surface area contributed by atoms with Gasteiger partial charge in [0.25, 0.3) is 5.91 Å². The van der Waals surface area contributed by atoms with Crippen LogP contribution < -0.4 is 4.74 Å². The maximum Gasteiger partial charge on any atom is 0.422 e. The smallest absolute Gasteiger partial charge is 0.422 e. The van der Waals surface area contributed by atoms with Gasteiger partial charge in [-0.25, -0.2) is 0 Å². The molecule has 160 valence electrons. The third-order valence-corrected chi connectivity index (χ3v) is 5.90. The molecule has 1 N–H and O–H groups in total. The molecule has 0 aromatic heterocycles. The summed E-state index contributed by atoms with van der Waals surface area (Å²) in [5, 5.41) is 9.71. The van der Waals surface area contributed by atoms with Crippen molar-refractivity contribution < 1.29 is 27.8 Å².